The van der Waals surface area contributed by atoms with E-state index in [1.165, 1.54) is 0 Å². The van der Waals surface area contributed by atoms with E-state index >= 15 is 0 Å². The Labute approximate surface area is 114 Å². The molecule has 6 heteroatoms. The topological polar surface area (TPSA) is 48.4 Å². The van der Waals surface area contributed by atoms with Crippen molar-refractivity contribution in [3.63, 3.8) is 0 Å². The molecule has 1 aromatic heterocycles. The fourth-order valence-corrected chi connectivity index (χ4v) is 1.46. The van der Waals surface area contributed by atoms with Gasteiger partial charge in [0.05, 0.1) is 0 Å². The van der Waals surface area contributed by atoms with Crippen molar-refractivity contribution in [2.45, 2.75) is 0 Å². The lowest BCUT2D eigenvalue weighted by molar-refractivity contribution is 0.0443. The third kappa shape index (κ3) is 3.50. The maximum Gasteiger partial charge on any atom is 0.341 e. The molecular weight excluding hydrogens is 268 g/mol. The molecule has 0 aliphatic rings. The molecule has 0 saturated heterocycles. The van der Waals surface area contributed by atoms with E-state index in [0.717, 1.165) is 12.3 Å². The highest BCUT2D eigenvalue weighted by molar-refractivity contribution is 5.89. The zero-order chi connectivity index (χ0) is 14.4. The summed E-state index contributed by atoms with van der Waals surface area (Å²) in [7, 11) is 0. The van der Waals surface area contributed by atoms with Crippen LogP contribution >= 0.6 is 0 Å². The van der Waals surface area contributed by atoms with Gasteiger partial charge in [-0.1, -0.05) is 18.2 Å². The minimum atomic E-state index is -1.33. The minimum Gasteiger partial charge on any atom is -0.490 e. The molecule has 0 aliphatic carbocycles. The van der Waals surface area contributed by atoms with Crippen LogP contribution in [0.15, 0.2) is 42.6 Å². The summed E-state index contributed by atoms with van der Waals surface area (Å²) in [6, 6.07) is 10.00. The third-order valence-corrected chi connectivity index (χ3v) is 2.40. The molecule has 0 atom stereocenters. The summed E-state index contributed by atoms with van der Waals surface area (Å²) in [5, 5.41) is 0. The number of hydrogen-bond donors (Lipinski definition) is 0. The Morgan fingerprint density at radius 3 is 2.60 bits per heavy atom. The van der Waals surface area contributed by atoms with Crippen molar-refractivity contribution in [2.24, 2.45) is 0 Å². The summed E-state index contributed by atoms with van der Waals surface area (Å²) in [6.45, 7) is 0.0437. The van der Waals surface area contributed by atoms with Gasteiger partial charge in [-0.15, -0.1) is 0 Å². The molecule has 0 spiro atoms. The number of pyridine rings is 1. The Bertz CT molecular complexity index is 590. The van der Waals surface area contributed by atoms with Crippen LogP contribution in [0.1, 0.15) is 10.4 Å². The van der Waals surface area contributed by atoms with E-state index in [4.69, 9.17) is 9.47 Å². The lowest BCUT2D eigenvalue weighted by Gasteiger charge is -2.07. The largest absolute Gasteiger partial charge is 0.490 e. The highest BCUT2D eigenvalue weighted by atomic mass is 19.2. The number of aromatic nitrogens is 1. The van der Waals surface area contributed by atoms with Gasteiger partial charge in [0.25, 0.3) is 0 Å². The Morgan fingerprint density at radius 2 is 1.85 bits per heavy atom. The van der Waals surface area contributed by atoms with Gasteiger partial charge in [0, 0.05) is 6.20 Å². The summed E-state index contributed by atoms with van der Waals surface area (Å²) in [6.07, 6.45) is 0.996. The number of carbonyl (C=O) groups is 1. The molecule has 1 aromatic carbocycles. The number of rotatable bonds is 5. The Balaban J connectivity index is 1.82. The van der Waals surface area contributed by atoms with E-state index in [2.05, 4.69) is 4.98 Å². The minimum absolute atomic E-state index is 0.0723. The van der Waals surface area contributed by atoms with E-state index in [-0.39, 0.29) is 13.2 Å². The summed E-state index contributed by atoms with van der Waals surface area (Å²) in [4.78, 5) is 14.6. The van der Waals surface area contributed by atoms with Crippen LogP contribution in [0, 0.1) is 11.8 Å². The van der Waals surface area contributed by atoms with Crippen LogP contribution in [0.2, 0.25) is 0 Å². The zero-order valence-corrected chi connectivity index (χ0v) is 10.4. The molecule has 104 valence electrons. The molecular formula is C14H11F2NO3. The fraction of sp³-hybridized carbons (Fsp3) is 0.143. The third-order valence-electron chi connectivity index (χ3n) is 2.40. The first-order valence-electron chi connectivity index (χ1n) is 5.83. The SMILES string of the molecule is O=C(OCCOc1ccccc1)c1ccnc(F)c1F. The second kappa shape index (κ2) is 6.60. The first kappa shape index (κ1) is 13.9. The second-order valence-electron chi connectivity index (χ2n) is 3.76. The van der Waals surface area contributed by atoms with E-state index in [1.54, 1.807) is 24.3 Å². The molecule has 0 aliphatic heterocycles. The van der Waals surface area contributed by atoms with Gasteiger partial charge in [-0.2, -0.15) is 4.39 Å². The smallest absolute Gasteiger partial charge is 0.341 e. The maximum absolute atomic E-state index is 13.3. The van der Waals surface area contributed by atoms with Gasteiger partial charge in [0.2, 0.25) is 5.95 Å². The molecule has 0 bridgehead atoms. The molecule has 0 amide bonds. The van der Waals surface area contributed by atoms with Crippen molar-refractivity contribution < 1.29 is 23.0 Å². The van der Waals surface area contributed by atoms with E-state index in [9.17, 15) is 13.6 Å². The zero-order valence-electron chi connectivity index (χ0n) is 10.4. The summed E-state index contributed by atoms with van der Waals surface area (Å²) < 4.78 is 36.2. The average molecular weight is 279 g/mol. The first-order chi connectivity index (χ1) is 9.68. The molecule has 2 rings (SSSR count). The lowest BCUT2D eigenvalue weighted by atomic mass is 10.2. The van der Waals surface area contributed by atoms with Gasteiger partial charge >= 0.3 is 5.97 Å². The van der Waals surface area contributed by atoms with Gasteiger partial charge in [-0.05, 0) is 18.2 Å². The van der Waals surface area contributed by atoms with Crippen LogP contribution in [-0.4, -0.2) is 24.2 Å². The number of esters is 1. The number of halogens is 2. The molecule has 20 heavy (non-hydrogen) atoms. The van der Waals surface area contributed by atoms with Crippen molar-refractivity contribution in [3.05, 3.63) is 59.9 Å². The predicted octanol–water partition coefficient (Wildman–Crippen LogP) is 2.60. The number of para-hydroxylation sites is 1. The van der Waals surface area contributed by atoms with E-state index < -0.39 is 23.3 Å². The number of benzene rings is 1. The number of carbonyl (C=O) groups excluding carboxylic acids is 1. The van der Waals surface area contributed by atoms with Crippen LogP contribution in [0.3, 0.4) is 0 Å². The standard InChI is InChI=1S/C14H11F2NO3/c15-12-11(6-7-17-13(12)16)14(18)20-9-8-19-10-4-2-1-3-5-10/h1-7H,8-9H2. The van der Waals surface area contributed by atoms with Crippen LogP contribution in [-0.2, 0) is 4.74 Å². The molecule has 4 nitrogen and oxygen atoms in total. The van der Waals surface area contributed by atoms with Crippen LogP contribution in [0.4, 0.5) is 8.78 Å². The highest BCUT2D eigenvalue weighted by Gasteiger charge is 2.17. The Kier molecular flexibility index (Phi) is 4.60. The van der Waals surface area contributed by atoms with Crippen molar-refractivity contribution >= 4 is 5.97 Å². The molecule has 0 N–H and O–H groups in total. The first-order valence-corrected chi connectivity index (χ1v) is 5.83. The molecule has 2 aromatic rings. The fourth-order valence-electron chi connectivity index (χ4n) is 1.46. The monoisotopic (exact) mass is 279 g/mol. The number of nitrogens with zero attached hydrogens (tertiary/aromatic N) is 1. The lowest BCUT2D eigenvalue weighted by Crippen LogP contribution is -2.14. The second-order valence-corrected chi connectivity index (χ2v) is 3.76. The van der Waals surface area contributed by atoms with Gasteiger partial charge in [-0.25, -0.2) is 14.2 Å². The number of ether oxygens (including phenoxy) is 2. The van der Waals surface area contributed by atoms with Crippen LogP contribution in [0.25, 0.3) is 0 Å². The van der Waals surface area contributed by atoms with Crippen molar-refractivity contribution in [1.82, 2.24) is 4.98 Å². The Hall–Kier alpha value is -2.50. The Morgan fingerprint density at radius 1 is 1.10 bits per heavy atom. The van der Waals surface area contributed by atoms with Crippen molar-refractivity contribution in [2.75, 3.05) is 13.2 Å². The van der Waals surface area contributed by atoms with Gasteiger partial charge < -0.3 is 9.47 Å². The normalized spacial score (nSPS) is 10.1. The quantitative estimate of drug-likeness (QED) is 0.479. The molecule has 0 fully saturated rings. The van der Waals surface area contributed by atoms with Crippen molar-refractivity contribution in [1.29, 1.82) is 0 Å². The summed E-state index contributed by atoms with van der Waals surface area (Å²) >= 11 is 0. The molecule has 1 heterocycles. The summed E-state index contributed by atoms with van der Waals surface area (Å²) in [5.74, 6) is -2.98. The molecule has 0 unspecified atom stereocenters. The van der Waals surface area contributed by atoms with Gasteiger partial charge in [0.1, 0.15) is 24.5 Å². The van der Waals surface area contributed by atoms with E-state index in [0.29, 0.717) is 5.75 Å². The summed E-state index contributed by atoms with van der Waals surface area (Å²) in [5.41, 5.74) is -0.489. The van der Waals surface area contributed by atoms with Gasteiger partial charge in [0.15, 0.2) is 5.82 Å². The highest BCUT2D eigenvalue weighted by Crippen LogP contribution is 2.11. The van der Waals surface area contributed by atoms with Gasteiger partial charge in [-0.3, -0.25) is 0 Å². The number of hydrogen-bond acceptors (Lipinski definition) is 4. The molecule has 0 saturated carbocycles. The van der Waals surface area contributed by atoms with Crippen molar-refractivity contribution in [3.8, 4) is 5.75 Å². The van der Waals surface area contributed by atoms with E-state index in [1.807, 2.05) is 6.07 Å². The van der Waals surface area contributed by atoms with Crippen LogP contribution < -0.4 is 4.74 Å². The van der Waals surface area contributed by atoms with Crippen LogP contribution in [0.5, 0.6) is 5.75 Å². The maximum atomic E-state index is 13.3. The molecule has 0 radical (unpaired) electrons. The predicted molar refractivity (Wildman–Crippen MR) is 66.4 cm³/mol. The average Bonchev–Trinajstić information content (AvgIpc) is 2.47.